The van der Waals surface area contributed by atoms with E-state index in [4.69, 9.17) is 19.2 Å². The van der Waals surface area contributed by atoms with Crippen molar-refractivity contribution in [2.24, 2.45) is 0 Å². The third-order valence-electron chi connectivity index (χ3n) is 0. The van der Waals surface area contributed by atoms with Crippen molar-refractivity contribution in [3.05, 3.63) is 0 Å². The van der Waals surface area contributed by atoms with E-state index in [0.717, 1.165) is 0 Å². The Morgan fingerprint density at radius 2 is 0.833 bits per heavy atom. The van der Waals surface area contributed by atoms with Gasteiger partial charge >= 0.3 is 26.2 Å². The van der Waals surface area contributed by atoms with Gasteiger partial charge < -0.3 is 28.2 Å². The predicted molar refractivity (Wildman–Crippen MR) is 11.5 cm³/mol. The Balaban J connectivity index is 0. The molecule has 0 aliphatic heterocycles. The summed E-state index contributed by atoms with van der Waals surface area (Å²) in [6.45, 7) is 0. The molecular weight excluding hydrogens is 301 g/mol. The van der Waals surface area contributed by atoms with Crippen LogP contribution in [-0.2, 0) is 0 Å². The molecule has 0 amide bonds. The third-order valence-corrected chi connectivity index (χ3v) is 0. The minimum atomic E-state index is -5.61. The summed E-state index contributed by atoms with van der Waals surface area (Å²) in [7, 11) is -5.61. The molecule has 0 N–H and O–H groups in total. The van der Waals surface area contributed by atoms with Gasteiger partial charge in [-0.1, -0.05) is 0 Å². The first-order valence-electron chi connectivity index (χ1n) is 0.816. The summed E-state index contributed by atoms with van der Waals surface area (Å²) >= 11 is 0. The van der Waals surface area contributed by atoms with Crippen LogP contribution in [0.15, 0.2) is 0 Å². The second kappa shape index (κ2) is 3.01. The quantitative estimate of drug-likeness (QED) is 0.417. The topological polar surface area (TPSA) is 92.2 Å². The number of rotatable bonds is 0. The molecule has 1 radical (unpaired) electrons. The summed E-state index contributed by atoms with van der Waals surface area (Å²) in [5.41, 5.74) is 0. The molecule has 0 saturated carbocycles. The zero-order chi connectivity index (χ0) is 4.50. The second-order valence-electron chi connectivity index (χ2n) is 0.500. The fourth-order valence-corrected chi connectivity index (χ4v) is 0. The molecule has 4 nitrogen and oxygen atoms in total. The van der Waals surface area contributed by atoms with Gasteiger partial charge in [-0.2, -0.15) is 0 Å². The van der Waals surface area contributed by atoms with Gasteiger partial charge in [0.1, 0.15) is 0 Å². The van der Waals surface area contributed by atoms with Gasteiger partial charge in [-0.25, -0.2) is 0 Å². The van der Waals surface area contributed by atoms with E-state index in [1.807, 2.05) is 0 Å². The molecule has 0 aromatic carbocycles. The SMILES string of the molecule is [Bi+4].[O-][Si]([O-])([O-])[O-]. The Bertz CT molecular complexity index is 23.0. The average Bonchev–Trinajstić information content (AvgIpc) is 0.722. The van der Waals surface area contributed by atoms with E-state index < -0.39 is 9.05 Å². The van der Waals surface area contributed by atoms with Crippen LogP contribution in [0.1, 0.15) is 0 Å². The van der Waals surface area contributed by atoms with Crippen LogP contribution in [0.3, 0.4) is 0 Å². The Morgan fingerprint density at radius 1 is 0.833 bits per heavy atom. The molecule has 0 aliphatic rings. The van der Waals surface area contributed by atoms with E-state index in [0.29, 0.717) is 0 Å². The first kappa shape index (κ1) is 10.0. The molecule has 6 heteroatoms. The van der Waals surface area contributed by atoms with Gasteiger partial charge in [-0.15, -0.1) is 0 Å². The maximum Gasteiger partial charge on any atom is 4.00 e. The van der Waals surface area contributed by atoms with Crippen molar-refractivity contribution in [1.29, 1.82) is 0 Å². The molecule has 0 bridgehead atoms. The van der Waals surface area contributed by atoms with Gasteiger partial charge in [0.2, 0.25) is 0 Å². The first-order valence-corrected chi connectivity index (χ1v) is 2.45. The smallest absolute Gasteiger partial charge is 0.894 e. The minimum absolute atomic E-state index is 0. The van der Waals surface area contributed by atoms with E-state index in [9.17, 15) is 0 Å². The molecule has 0 atom stereocenters. The molecule has 0 aromatic heterocycles. The predicted octanol–water partition coefficient (Wildman–Crippen LogP) is -5.52. The van der Waals surface area contributed by atoms with Crippen LogP contribution in [0.25, 0.3) is 0 Å². The average molecular weight is 301 g/mol. The summed E-state index contributed by atoms with van der Waals surface area (Å²) in [5.74, 6) is 0. The molecule has 0 heterocycles. The standard InChI is InChI=1S/Bi.O4Si/c;1-5(2,3)4/q+4;-4. The molecule has 6 heavy (non-hydrogen) atoms. The summed E-state index contributed by atoms with van der Waals surface area (Å²) < 4.78 is 0. The molecule has 0 saturated heterocycles. The minimum Gasteiger partial charge on any atom is -0.894 e. The molecule has 0 aliphatic carbocycles. The van der Waals surface area contributed by atoms with Gasteiger partial charge in [0.25, 0.3) is 0 Å². The van der Waals surface area contributed by atoms with Crippen molar-refractivity contribution < 1.29 is 19.2 Å². The van der Waals surface area contributed by atoms with Gasteiger partial charge in [0.05, 0.1) is 0 Å². The van der Waals surface area contributed by atoms with Crippen molar-refractivity contribution in [1.82, 2.24) is 0 Å². The van der Waals surface area contributed by atoms with Crippen LogP contribution < -0.4 is 19.2 Å². The third kappa shape index (κ3) is 86.8. The summed E-state index contributed by atoms with van der Waals surface area (Å²) in [4.78, 5) is 34.3. The number of hydrogen-bond donors (Lipinski definition) is 0. The van der Waals surface area contributed by atoms with Crippen LogP contribution in [0.5, 0.6) is 0 Å². The summed E-state index contributed by atoms with van der Waals surface area (Å²) in [6, 6.07) is 0. The maximum absolute atomic E-state index is 8.58. The normalized spacial score (nSPS) is 10.0. The van der Waals surface area contributed by atoms with E-state index >= 15 is 0 Å². The second-order valence-corrected chi connectivity index (χ2v) is 1.50. The van der Waals surface area contributed by atoms with E-state index in [1.54, 1.807) is 0 Å². The van der Waals surface area contributed by atoms with Gasteiger partial charge in [-0.05, 0) is 0 Å². The summed E-state index contributed by atoms with van der Waals surface area (Å²) in [5, 5.41) is 0. The van der Waals surface area contributed by atoms with Crippen molar-refractivity contribution in [2.75, 3.05) is 0 Å². The van der Waals surface area contributed by atoms with Crippen molar-refractivity contribution in [2.45, 2.75) is 0 Å². The van der Waals surface area contributed by atoms with E-state index in [1.165, 1.54) is 0 Å². The first-order chi connectivity index (χ1) is 2.00. The fourth-order valence-electron chi connectivity index (χ4n) is 0. The van der Waals surface area contributed by atoms with Crippen LogP contribution in [0, 0.1) is 0 Å². The van der Waals surface area contributed by atoms with Crippen LogP contribution in [0.2, 0.25) is 0 Å². The molecular formula is BiO4Si. The van der Waals surface area contributed by atoms with Gasteiger partial charge in [0, 0.05) is 0 Å². The van der Waals surface area contributed by atoms with Gasteiger partial charge in [0.15, 0.2) is 0 Å². The number of hydrogen-bond acceptors (Lipinski definition) is 4. The van der Waals surface area contributed by atoms with E-state index in [-0.39, 0.29) is 26.2 Å². The van der Waals surface area contributed by atoms with Crippen LogP contribution >= 0.6 is 0 Å². The van der Waals surface area contributed by atoms with Crippen molar-refractivity contribution in [3.8, 4) is 0 Å². The molecule has 0 rings (SSSR count). The Morgan fingerprint density at radius 3 is 0.833 bits per heavy atom. The molecule has 0 spiro atoms. The Kier molecular flexibility index (Phi) is 5.03. The largest absolute Gasteiger partial charge is 4.00 e. The zero-order valence-corrected chi connectivity index (χ0v) is 7.06. The zero-order valence-electron chi connectivity index (χ0n) is 2.58. The van der Waals surface area contributed by atoms with Crippen molar-refractivity contribution in [3.63, 3.8) is 0 Å². The molecule has 0 unspecified atom stereocenters. The molecule has 0 aromatic rings. The maximum atomic E-state index is 8.58. The summed E-state index contributed by atoms with van der Waals surface area (Å²) in [6.07, 6.45) is 0. The van der Waals surface area contributed by atoms with Crippen LogP contribution in [-0.4, -0.2) is 35.3 Å². The monoisotopic (exact) mass is 301 g/mol. The Hall–Kier alpha value is 0.940. The van der Waals surface area contributed by atoms with Crippen LogP contribution in [0.4, 0.5) is 0 Å². The Labute approximate surface area is 54.7 Å². The molecule has 33 valence electrons. The van der Waals surface area contributed by atoms with Gasteiger partial charge in [-0.3, -0.25) is 0 Å². The van der Waals surface area contributed by atoms with Crippen molar-refractivity contribution >= 4 is 35.3 Å². The fraction of sp³-hybridized carbons (Fsp3) is 0. The van der Waals surface area contributed by atoms with E-state index in [2.05, 4.69) is 0 Å². The molecule has 0 fully saturated rings.